The van der Waals surface area contributed by atoms with Gasteiger partial charge in [0, 0.05) is 12.1 Å². The molecule has 1 saturated heterocycles. The number of rotatable bonds is 3. The smallest absolute Gasteiger partial charge is 0.411 e. The number of hydrogen-bond donors (Lipinski definition) is 0. The van der Waals surface area contributed by atoms with Gasteiger partial charge in [0.1, 0.15) is 23.7 Å². The van der Waals surface area contributed by atoms with Gasteiger partial charge >= 0.3 is 12.1 Å². The van der Waals surface area contributed by atoms with Gasteiger partial charge < -0.3 is 9.47 Å². The zero-order valence-corrected chi connectivity index (χ0v) is 13.6. The van der Waals surface area contributed by atoms with Crippen molar-refractivity contribution in [2.24, 2.45) is 0 Å². The summed E-state index contributed by atoms with van der Waals surface area (Å²) in [5.41, 5.74) is -0.111. The predicted octanol–water partition coefficient (Wildman–Crippen LogP) is 2.80. The molecule has 124 valence electrons. The van der Waals surface area contributed by atoms with Gasteiger partial charge in [0.2, 0.25) is 0 Å². The van der Waals surface area contributed by atoms with Crippen molar-refractivity contribution in [3.8, 4) is 5.75 Å². The largest absolute Gasteiger partial charge is 0.444 e. The molecule has 0 saturated carbocycles. The van der Waals surface area contributed by atoms with Crippen molar-refractivity contribution >= 4 is 18.3 Å². The zero-order chi connectivity index (χ0) is 17.0. The predicted molar refractivity (Wildman–Crippen MR) is 83.4 cm³/mol. The Balaban J connectivity index is 2.02. The molecule has 1 aromatic carbocycles. The van der Waals surface area contributed by atoms with Crippen LogP contribution in [0.2, 0.25) is 0 Å². The average Bonchev–Trinajstić information content (AvgIpc) is 2.96. The van der Waals surface area contributed by atoms with E-state index in [-0.39, 0.29) is 0 Å². The van der Waals surface area contributed by atoms with Gasteiger partial charge in [-0.3, -0.25) is 9.69 Å². The number of carbonyl (C=O) groups is 3. The first-order valence-electron chi connectivity index (χ1n) is 7.57. The highest BCUT2D eigenvalue weighted by Crippen LogP contribution is 2.23. The molecule has 6 heteroatoms. The quantitative estimate of drug-likeness (QED) is 0.486. The maximum Gasteiger partial charge on any atom is 0.411 e. The van der Waals surface area contributed by atoms with Gasteiger partial charge in [-0.25, -0.2) is 9.59 Å². The van der Waals surface area contributed by atoms with Crippen LogP contribution in [0.5, 0.6) is 5.75 Å². The maximum atomic E-state index is 12.3. The van der Waals surface area contributed by atoms with Gasteiger partial charge in [-0.2, -0.15) is 0 Å². The summed E-state index contributed by atoms with van der Waals surface area (Å²) < 4.78 is 10.6. The average molecular weight is 319 g/mol. The van der Waals surface area contributed by atoms with Crippen LogP contribution in [0.1, 0.15) is 44.0 Å². The van der Waals surface area contributed by atoms with Crippen molar-refractivity contribution in [2.45, 2.75) is 45.3 Å². The van der Waals surface area contributed by atoms with Gasteiger partial charge in [-0.1, -0.05) is 0 Å². The summed E-state index contributed by atoms with van der Waals surface area (Å²) >= 11 is 0. The monoisotopic (exact) mass is 319 g/mol. The number of likely N-dealkylation sites (tertiary alicyclic amines) is 1. The number of hydrogen-bond acceptors (Lipinski definition) is 5. The molecule has 2 rings (SSSR count). The van der Waals surface area contributed by atoms with E-state index in [0.717, 1.165) is 6.42 Å². The highest BCUT2D eigenvalue weighted by molar-refractivity contribution is 5.84. The molecule has 0 N–H and O–H groups in total. The van der Waals surface area contributed by atoms with Crippen LogP contribution in [0.3, 0.4) is 0 Å². The Morgan fingerprint density at radius 1 is 1.22 bits per heavy atom. The number of carbonyl (C=O) groups excluding carboxylic acids is 3. The lowest BCUT2D eigenvalue weighted by Crippen LogP contribution is -2.44. The van der Waals surface area contributed by atoms with Crippen LogP contribution in [0.4, 0.5) is 4.79 Å². The van der Waals surface area contributed by atoms with Crippen LogP contribution in [-0.4, -0.2) is 41.4 Å². The topological polar surface area (TPSA) is 72.9 Å². The molecule has 23 heavy (non-hydrogen) atoms. The first-order valence-corrected chi connectivity index (χ1v) is 7.57. The summed E-state index contributed by atoms with van der Waals surface area (Å²) in [6, 6.07) is 5.59. The third kappa shape index (κ3) is 4.55. The van der Waals surface area contributed by atoms with Gasteiger partial charge in [0.25, 0.3) is 0 Å². The Bertz CT molecular complexity index is 588. The normalized spacial score (nSPS) is 17.7. The molecule has 1 aliphatic heterocycles. The summed E-state index contributed by atoms with van der Waals surface area (Å²) in [5, 5.41) is 0. The van der Waals surface area contributed by atoms with E-state index in [9.17, 15) is 14.4 Å². The Morgan fingerprint density at radius 2 is 1.87 bits per heavy atom. The van der Waals surface area contributed by atoms with Crippen LogP contribution < -0.4 is 4.74 Å². The van der Waals surface area contributed by atoms with E-state index in [1.54, 1.807) is 45.0 Å². The molecule has 1 fully saturated rings. The summed E-state index contributed by atoms with van der Waals surface area (Å²) in [4.78, 5) is 36.5. The second-order valence-corrected chi connectivity index (χ2v) is 6.44. The second-order valence-electron chi connectivity index (χ2n) is 6.44. The van der Waals surface area contributed by atoms with Crippen LogP contribution >= 0.6 is 0 Å². The molecule has 0 aromatic heterocycles. The molecule has 6 nitrogen and oxygen atoms in total. The van der Waals surface area contributed by atoms with Crippen molar-refractivity contribution < 1.29 is 23.9 Å². The number of nitrogens with zero attached hydrogens (tertiary/aromatic N) is 1. The van der Waals surface area contributed by atoms with E-state index in [1.165, 1.54) is 4.90 Å². The number of aldehydes is 1. The van der Waals surface area contributed by atoms with Gasteiger partial charge in [-0.05, 0) is 57.9 Å². The van der Waals surface area contributed by atoms with Crippen LogP contribution in [0.25, 0.3) is 0 Å². The fourth-order valence-corrected chi connectivity index (χ4v) is 2.35. The molecule has 0 spiro atoms. The molecular weight excluding hydrogens is 298 g/mol. The highest BCUT2D eigenvalue weighted by Gasteiger charge is 2.37. The van der Waals surface area contributed by atoms with Crippen LogP contribution in [0.15, 0.2) is 24.3 Å². The van der Waals surface area contributed by atoms with E-state index in [4.69, 9.17) is 9.47 Å². The van der Waals surface area contributed by atoms with Crippen molar-refractivity contribution in [3.63, 3.8) is 0 Å². The maximum absolute atomic E-state index is 12.3. The van der Waals surface area contributed by atoms with Crippen LogP contribution in [0, 0.1) is 0 Å². The summed E-state index contributed by atoms with van der Waals surface area (Å²) in [6.45, 7) is 5.81. The van der Waals surface area contributed by atoms with Crippen molar-refractivity contribution in [2.75, 3.05) is 6.54 Å². The highest BCUT2D eigenvalue weighted by atomic mass is 16.6. The lowest BCUT2D eigenvalue weighted by Gasteiger charge is -2.27. The molecule has 1 aliphatic rings. The Kier molecular flexibility index (Phi) is 5.03. The standard InChI is InChI=1S/C17H21NO5/c1-17(2,3)23-16(21)18-10-4-5-14(18)15(20)22-13-8-6-12(11-19)7-9-13/h6-9,11,14H,4-5,10H2,1-3H3. The fourth-order valence-electron chi connectivity index (χ4n) is 2.35. The molecule has 0 aliphatic carbocycles. The summed E-state index contributed by atoms with van der Waals surface area (Å²) in [7, 11) is 0. The molecule has 1 aromatic rings. The van der Waals surface area contributed by atoms with Crippen molar-refractivity contribution in [1.29, 1.82) is 0 Å². The van der Waals surface area contributed by atoms with Gasteiger partial charge in [0.05, 0.1) is 0 Å². The number of ether oxygens (including phenoxy) is 2. The molecule has 1 heterocycles. The second kappa shape index (κ2) is 6.81. The summed E-state index contributed by atoms with van der Waals surface area (Å²) in [5.74, 6) is -0.149. The molecular formula is C17H21NO5. The fraction of sp³-hybridized carbons (Fsp3) is 0.471. The zero-order valence-electron chi connectivity index (χ0n) is 13.6. The number of amides is 1. The third-order valence-electron chi connectivity index (χ3n) is 3.39. The lowest BCUT2D eigenvalue weighted by atomic mass is 10.2. The van der Waals surface area contributed by atoms with E-state index < -0.39 is 23.7 Å². The first kappa shape index (κ1) is 17.0. The van der Waals surface area contributed by atoms with Crippen molar-refractivity contribution in [3.05, 3.63) is 29.8 Å². The van der Waals surface area contributed by atoms with Gasteiger partial charge in [-0.15, -0.1) is 0 Å². The van der Waals surface area contributed by atoms with E-state index in [0.29, 0.717) is 30.6 Å². The Morgan fingerprint density at radius 3 is 2.43 bits per heavy atom. The SMILES string of the molecule is CC(C)(C)OC(=O)N1CCCC1C(=O)Oc1ccc(C=O)cc1. The van der Waals surface area contributed by atoms with E-state index >= 15 is 0 Å². The number of benzene rings is 1. The molecule has 0 radical (unpaired) electrons. The Labute approximate surface area is 135 Å². The Hall–Kier alpha value is -2.37. The first-order chi connectivity index (χ1) is 10.8. The minimum atomic E-state index is -0.643. The molecule has 0 bridgehead atoms. The summed E-state index contributed by atoms with van der Waals surface area (Å²) in [6.07, 6.45) is 1.48. The lowest BCUT2D eigenvalue weighted by molar-refractivity contribution is -0.139. The van der Waals surface area contributed by atoms with Crippen molar-refractivity contribution in [1.82, 2.24) is 4.90 Å². The van der Waals surface area contributed by atoms with Crippen LogP contribution in [-0.2, 0) is 9.53 Å². The van der Waals surface area contributed by atoms with Gasteiger partial charge in [0.15, 0.2) is 0 Å². The third-order valence-corrected chi connectivity index (χ3v) is 3.39. The molecule has 1 atom stereocenters. The number of esters is 1. The van der Waals surface area contributed by atoms with E-state index in [1.807, 2.05) is 0 Å². The molecule has 1 unspecified atom stereocenters. The minimum absolute atomic E-state index is 0.344. The molecule has 1 amide bonds. The minimum Gasteiger partial charge on any atom is -0.444 e. The van der Waals surface area contributed by atoms with E-state index in [2.05, 4.69) is 0 Å².